The van der Waals surface area contributed by atoms with Crippen LogP contribution in [0.15, 0.2) is 41.1 Å². The Morgan fingerprint density at radius 3 is 2.74 bits per heavy atom. The van der Waals surface area contributed by atoms with E-state index >= 15 is 0 Å². The van der Waals surface area contributed by atoms with Crippen LogP contribution in [0.1, 0.15) is 18.9 Å². The molecule has 0 radical (unpaired) electrons. The van der Waals surface area contributed by atoms with Crippen LogP contribution in [-0.4, -0.2) is 33.6 Å². The fraction of sp³-hybridized carbons (Fsp3) is 0.278. The van der Waals surface area contributed by atoms with Crippen molar-refractivity contribution in [3.63, 3.8) is 0 Å². The molecule has 0 spiro atoms. The summed E-state index contributed by atoms with van der Waals surface area (Å²) in [6.07, 6.45) is 4.33. The van der Waals surface area contributed by atoms with Crippen molar-refractivity contribution < 1.29 is 9.47 Å². The van der Waals surface area contributed by atoms with Gasteiger partial charge in [-0.05, 0) is 42.9 Å². The second kappa shape index (κ2) is 9.01. The third-order valence-corrected chi connectivity index (χ3v) is 4.88. The molecule has 0 unspecified atom stereocenters. The summed E-state index contributed by atoms with van der Waals surface area (Å²) in [5.74, 6) is 2.08. The van der Waals surface area contributed by atoms with Gasteiger partial charge in [0.25, 0.3) is 0 Å². The summed E-state index contributed by atoms with van der Waals surface area (Å²) in [5.41, 5.74) is 5.15. The van der Waals surface area contributed by atoms with Gasteiger partial charge < -0.3 is 14.9 Å². The summed E-state index contributed by atoms with van der Waals surface area (Å²) in [7, 11) is 1.63. The van der Waals surface area contributed by atoms with E-state index in [4.69, 9.17) is 21.7 Å². The smallest absolute Gasteiger partial charge is 0.214 e. The number of methoxy groups -OCH3 is 1. The van der Waals surface area contributed by atoms with E-state index in [1.165, 1.54) is 0 Å². The molecule has 27 heavy (non-hydrogen) atoms. The lowest BCUT2D eigenvalue weighted by Crippen LogP contribution is -2.17. The van der Waals surface area contributed by atoms with Crippen LogP contribution in [-0.2, 0) is 6.54 Å². The van der Waals surface area contributed by atoms with Crippen molar-refractivity contribution in [2.45, 2.75) is 19.9 Å². The van der Waals surface area contributed by atoms with Crippen LogP contribution in [0.3, 0.4) is 0 Å². The predicted molar refractivity (Wildman–Crippen MR) is 110 cm³/mol. The molecule has 0 saturated heterocycles. The Hall–Kier alpha value is -2.39. The molecule has 7 nitrogen and oxygen atoms in total. The fourth-order valence-corrected chi connectivity index (χ4v) is 3.22. The molecule has 0 fully saturated rings. The molecule has 2 aromatic heterocycles. The Bertz CT molecular complexity index is 958. The van der Waals surface area contributed by atoms with Crippen LogP contribution in [0.25, 0.3) is 11.4 Å². The van der Waals surface area contributed by atoms with Gasteiger partial charge >= 0.3 is 0 Å². The Morgan fingerprint density at radius 1 is 1.26 bits per heavy atom. The topological polar surface area (TPSA) is 77.0 Å². The first-order valence-electron chi connectivity index (χ1n) is 8.45. The zero-order chi connectivity index (χ0) is 19.2. The predicted octanol–water partition coefficient (Wildman–Crippen LogP) is 4.31. The number of benzene rings is 1. The van der Waals surface area contributed by atoms with Crippen molar-refractivity contribution in [2.75, 3.05) is 19.1 Å². The second-order valence-electron chi connectivity index (χ2n) is 5.66. The van der Waals surface area contributed by atoms with Crippen molar-refractivity contribution in [2.24, 2.45) is 0 Å². The molecule has 9 heteroatoms. The minimum absolute atomic E-state index is 0.461. The molecule has 2 heterocycles. The number of nitrogens with one attached hydrogen (secondary N) is 2. The summed E-state index contributed by atoms with van der Waals surface area (Å²) in [4.78, 5) is 4.04. The molecule has 0 atom stereocenters. The van der Waals surface area contributed by atoms with E-state index in [1.807, 2.05) is 24.3 Å². The van der Waals surface area contributed by atoms with Gasteiger partial charge in [0.05, 0.1) is 20.3 Å². The summed E-state index contributed by atoms with van der Waals surface area (Å²) in [5, 5.41) is 7.14. The van der Waals surface area contributed by atoms with Gasteiger partial charge in [0.2, 0.25) is 4.77 Å². The number of hydrogen-bond acceptors (Lipinski definition) is 6. The van der Waals surface area contributed by atoms with Gasteiger partial charge in [-0.1, -0.05) is 22.9 Å². The van der Waals surface area contributed by atoms with Gasteiger partial charge in [0.15, 0.2) is 17.3 Å². The van der Waals surface area contributed by atoms with Gasteiger partial charge in [-0.3, -0.25) is 4.98 Å². The van der Waals surface area contributed by atoms with Crippen molar-refractivity contribution in [1.82, 2.24) is 19.9 Å². The van der Waals surface area contributed by atoms with Gasteiger partial charge in [-0.15, -0.1) is 0 Å². The Balaban J connectivity index is 1.92. The Morgan fingerprint density at radius 2 is 2.04 bits per heavy atom. The monoisotopic (exact) mass is 449 g/mol. The number of aromatic nitrogens is 4. The van der Waals surface area contributed by atoms with Gasteiger partial charge in [-0.2, -0.15) is 5.10 Å². The van der Waals surface area contributed by atoms with E-state index in [0.717, 1.165) is 22.0 Å². The van der Waals surface area contributed by atoms with E-state index < -0.39 is 0 Å². The van der Waals surface area contributed by atoms with Gasteiger partial charge in [0.1, 0.15) is 0 Å². The first-order valence-corrected chi connectivity index (χ1v) is 9.65. The molecule has 142 valence electrons. The third kappa shape index (κ3) is 4.30. The molecular weight excluding hydrogens is 430 g/mol. The van der Waals surface area contributed by atoms with E-state index in [-0.39, 0.29) is 0 Å². The molecule has 0 aliphatic carbocycles. The van der Waals surface area contributed by atoms with Crippen LogP contribution in [0.2, 0.25) is 0 Å². The highest BCUT2D eigenvalue weighted by atomic mass is 79.9. The van der Waals surface area contributed by atoms with Gasteiger partial charge in [-0.25, -0.2) is 9.77 Å². The molecule has 1 aromatic carbocycles. The molecule has 0 aliphatic heterocycles. The SMILES string of the molecule is CCCOc1c(OC)ccc(Br)c1CNn1c(-c2ccncc2)n[nH]c1=S. The van der Waals surface area contributed by atoms with Crippen molar-refractivity contribution in [1.29, 1.82) is 0 Å². The molecule has 3 aromatic rings. The fourth-order valence-electron chi connectivity index (χ4n) is 2.57. The lowest BCUT2D eigenvalue weighted by atomic mass is 10.2. The lowest BCUT2D eigenvalue weighted by molar-refractivity contribution is 0.291. The second-order valence-corrected chi connectivity index (χ2v) is 6.91. The summed E-state index contributed by atoms with van der Waals surface area (Å²) >= 11 is 8.98. The van der Waals surface area contributed by atoms with Crippen LogP contribution in [0.4, 0.5) is 0 Å². The normalized spacial score (nSPS) is 10.6. The van der Waals surface area contributed by atoms with Gasteiger partial charge in [0, 0.05) is 28.0 Å². The Labute approximate surface area is 170 Å². The molecule has 0 amide bonds. The average Bonchev–Trinajstić information content (AvgIpc) is 3.06. The highest BCUT2D eigenvalue weighted by Gasteiger charge is 2.16. The first-order chi connectivity index (χ1) is 13.2. The number of aromatic amines is 1. The zero-order valence-corrected chi connectivity index (χ0v) is 17.4. The van der Waals surface area contributed by atoms with Crippen LogP contribution < -0.4 is 14.9 Å². The van der Waals surface area contributed by atoms with E-state index in [1.54, 1.807) is 24.2 Å². The Kier molecular flexibility index (Phi) is 6.46. The largest absolute Gasteiger partial charge is 0.493 e. The maximum absolute atomic E-state index is 5.94. The molecule has 0 bridgehead atoms. The summed E-state index contributed by atoms with van der Waals surface area (Å²) in [6.45, 7) is 3.13. The number of hydrogen-bond donors (Lipinski definition) is 2. The van der Waals surface area contributed by atoms with Crippen molar-refractivity contribution in [3.05, 3.63) is 51.5 Å². The highest BCUT2D eigenvalue weighted by molar-refractivity contribution is 9.10. The maximum atomic E-state index is 5.94. The molecular formula is C18H20BrN5O2S. The summed E-state index contributed by atoms with van der Waals surface area (Å²) < 4.78 is 14.5. The van der Waals surface area contributed by atoms with Crippen LogP contribution in [0, 0.1) is 4.77 Å². The first kappa shape index (κ1) is 19.4. The number of nitrogens with zero attached hydrogens (tertiary/aromatic N) is 3. The van der Waals surface area contributed by atoms with Crippen LogP contribution in [0.5, 0.6) is 11.5 Å². The minimum Gasteiger partial charge on any atom is -0.493 e. The van der Waals surface area contributed by atoms with E-state index in [9.17, 15) is 0 Å². The highest BCUT2D eigenvalue weighted by Crippen LogP contribution is 2.36. The molecule has 2 N–H and O–H groups in total. The molecule has 3 rings (SSSR count). The zero-order valence-electron chi connectivity index (χ0n) is 15.0. The lowest BCUT2D eigenvalue weighted by Gasteiger charge is -2.18. The molecule has 0 aliphatic rings. The summed E-state index contributed by atoms with van der Waals surface area (Å²) in [6, 6.07) is 7.57. The number of pyridine rings is 1. The number of rotatable bonds is 8. The maximum Gasteiger partial charge on any atom is 0.214 e. The minimum atomic E-state index is 0.461. The van der Waals surface area contributed by atoms with Crippen molar-refractivity contribution in [3.8, 4) is 22.9 Å². The van der Waals surface area contributed by atoms with E-state index in [0.29, 0.717) is 35.2 Å². The number of H-pyrrole nitrogens is 1. The van der Waals surface area contributed by atoms with Crippen LogP contribution >= 0.6 is 28.1 Å². The van der Waals surface area contributed by atoms with Crippen molar-refractivity contribution >= 4 is 28.1 Å². The number of ether oxygens (including phenoxy) is 2. The van der Waals surface area contributed by atoms with E-state index in [2.05, 4.69) is 43.5 Å². The quantitative estimate of drug-likeness (QED) is 0.499. The third-order valence-electron chi connectivity index (χ3n) is 3.86. The number of halogens is 1. The standard InChI is InChI=1S/C18H20BrN5O2S/c1-3-10-26-16-13(14(19)4-5-15(16)25-2)11-21-24-17(22-23-18(24)27)12-6-8-20-9-7-12/h4-9,21H,3,10-11H2,1-2H3,(H,23,27). The molecule has 0 saturated carbocycles. The average molecular weight is 450 g/mol.